The van der Waals surface area contributed by atoms with Gasteiger partial charge in [0.1, 0.15) is 5.69 Å². The number of hydrogen-bond acceptors (Lipinski definition) is 5. The van der Waals surface area contributed by atoms with Gasteiger partial charge in [-0.15, -0.1) is 0 Å². The number of anilines is 2. The van der Waals surface area contributed by atoms with Gasteiger partial charge in [0.2, 0.25) is 11.8 Å². The van der Waals surface area contributed by atoms with Crippen molar-refractivity contribution in [1.82, 2.24) is 9.88 Å². The second-order valence-corrected chi connectivity index (χ2v) is 9.33. The third-order valence-electron chi connectivity index (χ3n) is 6.74. The number of nitrogens with zero attached hydrogens (tertiary/aromatic N) is 3. The number of rotatable bonds is 5. The molecule has 0 radical (unpaired) electrons. The van der Waals surface area contributed by atoms with Gasteiger partial charge in [-0.05, 0) is 48.9 Å². The first-order chi connectivity index (χ1) is 15.5. The number of piperidine rings is 1. The molecule has 7 nitrogen and oxygen atoms in total. The third kappa shape index (κ3) is 4.13. The first kappa shape index (κ1) is 21.1. The van der Waals surface area contributed by atoms with Gasteiger partial charge in [0, 0.05) is 45.3 Å². The summed E-state index contributed by atoms with van der Waals surface area (Å²) in [5.74, 6) is -0.266. The molecule has 1 aromatic carbocycles. The second kappa shape index (κ2) is 8.62. The van der Waals surface area contributed by atoms with Crippen LogP contribution < -0.4 is 20.7 Å². The summed E-state index contributed by atoms with van der Waals surface area (Å²) in [6.07, 6.45) is 5.12. The minimum atomic E-state index is -0.407. The molecular formula is C24H27ClN4O3. The zero-order valence-corrected chi connectivity index (χ0v) is 18.7. The summed E-state index contributed by atoms with van der Waals surface area (Å²) in [5.41, 5.74) is 2.51. The van der Waals surface area contributed by atoms with Crippen molar-refractivity contribution in [2.75, 3.05) is 36.0 Å². The Hall–Kier alpha value is -2.80. The molecule has 1 saturated carbocycles. The summed E-state index contributed by atoms with van der Waals surface area (Å²) in [5, 5.41) is 2.99. The topological polar surface area (TPSA) is 74.7 Å². The SMILES string of the molecule is O=C1CCC(c2cccc(N3CCN(c4cccn(CC5CC5)c4=O)CC3)c2Cl)C(=O)N1. The van der Waals surface area contributed by atoms with Gasteiger partial charge in [-0.1, -0.05) is 23.7 Å². The van der Waals surface area contributed by atoms with Crippen LogP contribution in [0.25, 0.3) is 0 Å². The van der Waals surface area contributed by atoms with Crippen molar-refractivity contribution < 1.29 is 9.59 Å². The van der Waals surface area contributed by atoms with E-state index in [2.05, 4.69) is 15.1 Å². The number of carbonyl (C=O) groups is 2. The molecule has 168 valence electrons. The van der Waals surface area contributed by atoms with Crippen LogP contribution in [0.2, 0.25) is 5.02 Å². The van der Waals surface area contributed by atoms with Crippen LogP contribution in [0.1, 0.15) is 37.2 Å². The van der Waals surface area contributed by atoms with E-state index in [0.29, 0.717) is 23.8 Å². The Morgan fingerprint density at radius 3 is 2.28 bits per heavy atom. The summed E-state index contributed by atoms with van der Waals surface area (Å²) >= 11 is 6.76. The molecule has 32 heavy (non-hydrogen) atoms. The van der Waals surface area contributed by atoms with E-state index in [1.807, 2.05) is 41.1 Å². The van der Waals surface area contributed by atoms with Gasteiger partial charge < -0.3 is 14.4 Å². The molecule has 2 aliphatic heterocycles. The Bertz CT molecular complexity index is 1100. The molecule has 1 aromatic heterocycles. The van der Waals surface area contributed by atoms with E-state index in [0.717, 1.165) is 49.7 Å². The predicted molar refractivity (Wildman–Crippen MR) is 124 cm³/mol. The van der Waals surface area contributed by atoms with Gasteiger partial charge in [0.25, 0.3) is 5.56 Å². The highest BCUT2D eigenvalue weighted by Crippen LogP contribution is 2.37. The van der Waals surface area contributed by atoms with Crippen LogP contribution in [0.15, 0.2) is 41.3 Å². The standard InChI is InChI=1S/C24H27ClN4O3/c25-22-17(18-8-9-21(30)26-23(18)31)3-1-4-19(22)27-11-13-28(14-12-27)20-5-2-10-29(24(20)32)15-16-6-7-16/h1-5,10,16,18H,6-9,11-15H2,(H,26,30,31). The van der Waals surface area contributed by atoms with Gasteiger partial charge in [-0.2, -0.15) is 0 Å². The van der Waals surface area contributed by atoms with E-state index < -0.39 is 5.92 Å². The lowest BCUT2D eigenvalue weighted by Gasteiger charge is -2.38. The van der Waals surface area contributed by atoms with Crippen LogP contribution >= 0.6 is 11.6 Å². The fourth-order valence-corrected chi connectivity index (χ4v) is 5.09. The lowest BCUT2D eigenvalue weighted by molar-refractivity contribution is -0.134. The van der Waals surface area contributed by atoms with Gasteiger partial charge in [0.15, 0.2) is 0 Å². The van der Waals surface area contributed by atoms with Crippen molar-refractivity contribution in [2.24, 2.45) is 5.92 Å². The zero-order chi connectivity index (χ0) is 22.2. The number of amides is 2. The van der Waals surface area contributed by atoms with Crippen molar-refractivity contribution in [2.45, 2.75) is 38.1 Å². The van der Waals surface area contributed by atoms with Crippen LogP contribution in [-0.2, 0) is 16.1 Å². The summed E-state index contributed by atoms with van der Waals surface area (Å²) in [7, 11) is 0. The van der Waals surface area contributed by atoms with Crippen LogP contribution in [-0.4, -0.2) is 42.6 Å². The van der Waals surface area contributed by atoms with Gasteiger partial charge >= 0.3 is 0 Å². The largest absolute Gasteiger partial charge is 0.367 e. The zero-order valence-electron chi connectivity index (χ0n) is 17.9. The molecule has 3 aliphatic rings. The molecule has 0 spiro atoms. The predicted octanol–water partition coefficient (Wildman–Crippen LogP) is 2.76. The number of benzene rings is 1. The molecule has 8 heteroatoms. The summed E-state index contributed by atoms with van der Waals surface area (Å²) in [6, 6.07) is 9.64. The van der Waals surface area contributed by atoms with Crippen LogP contribution in [0, 0.1) is 5.92 Å². The van der Waals surface area contributed by atoms with Gasteiger partial charge in [-0.25, -0.2) is 0 Å². The first-order valence-electron chi connectivity index (χ1n) is 11.3. The summed E-state index contributed by atoms with van der Waals surface area (Å²) in [4.78, 5) is 41.1. The molecule has 5 rings (SSSR count). The van der Waals surface area contributed by atoms with Crippen molar-refractivity contribution in [3.63, 3.8) is 0 Å². The molecule has 3 fully saturated rings. The molecule has 3 heterocycles. The Morgan fingerprint density at radius 2 is 1.59 bits per heavy atom. The monoisotopic (exact) mass is 454 g/mol. The maximum atomic E-state index is 12.9. The Balaban J connectivity index is 1.30. The second-order valence-electron chi connectivity index (χ2n) is 8.95. The van der Waals surface area contributed by atoms with E-state index in [9.17, 15) is 14.4 Å². The van der Waals surface area contributed by atoms with Crippen LogP contribution in [0.5, 0.6) is 0 Å². The molecule has 1 atom stereocenters. The van der Waals surface area contributed by atoms with Gasteiger partial charge in [-0.3, -0.25) is 19.7 Å². The number of imide groups is 1. The maximum absolute atomic E-state index is 12.9. The smallest absolute Gasteiger partial charge is 0.274 e. The average molecular weight is 455 g/mol. The highest BCUT2D eigenvalue weighted by Gasteiger charge is 2.31. The van der Waals surface area contributed by atoms with Crippen molar-refractivity contribution >= 4 is 34.8 Å². The minimum absolute atomic E-state index is 0.0886. The van der Waals surface area contributed by atoms with E-state index in [-0.39, 0.29) is 17.4 Å². The number of halogens is 1. The van der Waals surface area contributed by atoms with Crippen molar-refractivity contribution in [3.05, 3.63) is 57.5 Å². The minimum Gasteiger partial charge on any atom is -0.367 e. The highest BCUT2D eigenvalue weighted by molar-refractivity contribution is 6.34. The Kier molecular flexibility index (Phi) is 5.67. The highest BCUT2D eigenvalue weighted by atomic mass is 35.5. The van der Waals surface area contributed by atoms with Crippen LogP contribution in [0.3, 0.4) is 0 Å². The van der Waals surface area contributed by atoms with Crippen molar-refractivity contribution in [3.8, 4) is 0 Å². The normalized spacial score (nSPS) is 21.6. The molecule has 2 aromatic rings. The fraction of sp³-hybridized carbons (Fsp3) is 0.458. The third-order valence-corrected chi connectivity index (χ3v) is 7.15. The lowest BCUT2D eigenvalue weighted by Crippen LogP contribution is -2.48. The molecular weight excluding hydrogens is 428 g/mol. The van der Waals surface area contributed by atoms with E-state index in [1.54, 1.807) is 0 Å². The number of piperazine rings is 1. The number of pyridine rings is 1. The van der Waals surface area contributed by atoms with Crippen LogP contribution in [0.4, 0.5) is 11.4 Å². The molecule has 1 aliphatic carbocycles. The van der Waals surface area contributed by atoms with E-state index >= 15 is 0 Å². The number of nitrogens with one attached hydrogen (secondary N) is 1. The molecule has 0 bridgehead atoms. The maximum Gasteiger partial charge on any atom is 0.274 e. The molecule has 2 amide bonds. The molecule has 1 N–H and O–H groups in total. The molecule has 1 unspecified atom stereocenters. The first-order valence-corrected chi connectivity index (χ1v) is 11.7. The number of carbonyl (C=O) groups excluding carboxylic acids is 2. The lowest BCUT2D eigenvalue weighted by atomic mass is 9.90. The van der Waals surface area contributed by atoms with E-state index in [4.69, 9.17) is 11.6 Å². The summed E-state index contributed by atoms with van der Waals surface area (Å²) in [6.45, 7) is 3.73. The van der Waals surface area contributed by atoms with Gasteiger partial charge in [0.05, 0.1) is 16.6 Å². The molecule has 2 saturated heterocycles. The Morgan fingerprint density at radius 1 is 0.906 bits per heavy atom. The quantitative estimate of drug-likeness (QED) is 0.703. The van der Waals surface area contributed by atoms with E-state index in [1.165, 1.54) is 12.8 Å². The number of hydrogen-bond donors (Lipinski definition) is 1. The fourth-order valence-electron chi connectivity index (χ4n) is 4.72. The summed E-state index contributed by atoms with van der Waals surface area (Å²) < 4.78 is 1.85. The van der Waals surface area contributed by atoms with Crippen molar-refractivity contribution in [1.29, 1.82) is 0 Å². The number of aromatic nitrogens is 1. The average Bonchev–Trinajstić information content (AvgIpc) is 3.60. The Labute approximate surface area is 192 Å².